The summed E-state index contributed by atoms with van der Waals surface area (Å²) in [5.74, 6) is 1.98. The van der Waals surface area contributed by atoms with Gasteiger partial charge in [0.05, 0.1) is 5.75 Å². The minimum Gasteiger partial charge on any atom is -0.337 e. The summed E-state index contributed by atoms with van der Waals surface area (Å²) in [5.41, 5.74) is 0. The van der Waals surface area contributed by atoms with Crippen LogP contribution in [-0.4, -0.2) is 65.4 Å². The fraction of sp³-hybridized carbons (Fsp3) is 0.636. The van der Waals surface area contributed by atoms with E-state index in [1.165, 1.54) is 4.31 Å². The Bertz CT molecular complexity index is 580. The van der Waals surface area contributed by atoms with Crippen molar-refractivity contribution in [3.8, 4) is 0 Å². The van der Waals surface area contributed by atoms with Crippen LogP contribution in [-0.2, 0) is 17.1 Å². The van der Waals surface area contributed by atoms with Crippen molar-refractivity contribution >= 4 is 33.6 Å². The average Bonchev–Trinajstić information content (AvgIpc) is 2.85. The number of sulfonamides is 1. The van der Waals surface area contributed by atoms with Crippen molar-refractivity contribution in [2.45, 2.75) is 0 Å². The summed E-state index contributed by atoms with van der Waals surface area (Å²) in [4.78, 5) is 11.6. The molecule has 1 aromatic heterocycles. The second kappa shape index (κ2) is 7.14. The van der Waals surface area contributed by atoms with E-state index in [2.05, 4.69) is 15.7 Å². The number of carbonyl (C=O) groups excluding carboxylic acids is 1. The van der Waals surface area contributed by atoms with Crippen molar-refractivity contribution in [1.29, 1.82) is 0 Å². The van der Waals surface area contributed by atoms with Crippen molar-refractivity contribution in [3.63, 3.8) is 0 Å². The minimum atomic E-state index is -3.29. The van der Waals surface area contributed by atoms with Gasteiger partial charge in [0, 0.05) is 50.5 Å². The number of rotatable bonds is 5. The van der Waals surface area contributed by atoms with Gasteiger partial charge in [-0.25, -0.2) is 17.5 Å². The minimum absolute atomic E-state index is 0.0741. The summed E-state index contributed by atoms with van der Waals surface area (Å²) in [5, 5.41) is 9.06. The number of amides is 2. The molecule has 2 heterocycles. The van der Waals surface area contributed by atoms with Gasteiger partial charge in [0.25, 0.3) is 0 Å². The van der Waals surface area contributed by atoms with Crippen LogP contribution in [0.4, 0.5) is 10.6 Å². The van der Waals surface area contributed by atoms with E-state index in [0.717, 1.165) is 11.5 Å². The van der Waals surface area contributed by atoms with Crippen molar-refractivity contribution in [3.05, 3.63) is 12.3 Å². The fourth-order valence-corrected chi connectivity index (χ4v) is 4.38. The predicted octanol–water partition coefficient (Wildman–Crippen LogP) is -0.0798. The third kappa shape index (κ3) is 4.90. The third-order valence-electron chi connectivity index (χ3n) is 2.96. The molecule has 0 unspecified atom stereocenters. The topological polar surface area (TPSA) is 96.3 Å². The van der Waals surface area contributed by atoms with E-state index in [1.54, 1.807) is 35.8 Å². The molecule has 0 spiro atoms. The molecule has 0 radical (unpaired) electrons. The maximum atomic E-state index is 12.1. The first-order valence-corrected chi connectivity index (χ1v) is 9.34. The smallest absolute Gasteiger partial charge is 0.320 e. The molecule has 1 fully saturated rings. The molecule has 21 heavy (non-hydrogen) atoms. The molecule has 0 aromatic carbocycles. The second-order valence-corrected chi connectivity index (χ2v) is 7.90. The first kappa shape index (κ1) is 16.1. The molecule has 2 rings (SSSR count). The summed E-state index contributed by atoms with van der Waals surface area (Å²) in [6.07, 6.45) is 1.70. The Hall–Kier alpha value is -1.26. The van der Waals surface area contributed by atoms with Gasteiger partial charge in [0.1, 0.15) is 0 Å². The zero-order valence-electron chi connectivity index (χ0n) is 11.8. The number of carbonyl (C=O) groups is 1. The molecule has 1 aliphatic heterocycles. The lowest BCUT2D eigenvalue weighted by Crippen LogP contribution is -2.42. The first-order chi connectivity index (χ1) is 9.97. The number of nitrogens with one attached hydrogen (secondary N) is 2. The predicted molar refractivity (Wildman–Crippen MR) is 82.9 cm³/mol. The van der Waals surface area contributed by atoms with Crippen LogP contribution in [0.1, 0.15) is 0 Å². The lowest BCUT2D eigenvalue weighted by Gasteiger charge is -2.25. The molecule has 0 atom stereocenters. The van der Waals surface area contributed by atoms with E-state index < -0.39 is 16.1 Å². The Morgan fingerprint density at radius 1 is 1.43 bits per heavy atom. The monoisotopic (exact) mass is 333 g/mol. The zero-order valence-corrected chi connectivity index (χ0v) is 13.4. The van der Waals surface area contributed by atoms with Gasteiger partial charge in [-0.05, 0) is 0 Å². The number of urea groups is 1. The van der Waals surface area contributed by atoms with Crippen LogP contribution in [0.3, 0.4) is 0 Å². The Morgan fingerprint density at radius 3 is 2.76 bits per heavy atom. The van der Waals surface area contributed by atoms with E-state index >= 15 is 0 Å². The van der Waals surface area contributed by atoms with Crippen LogP contribution in [0.2, 0.25) is 0 Å². The normalized spacial score (nSPS) is 16.6. The van der Waals surface area contributed by atoms with Gasteiger partial charge in [-0.15, -0.1) is 0 Å². The number of nitrogens with zero attached hydrogens (tertiary/aromatic N) is 3. The van der Waals surface area contributed by atoms with E-state index in [1.807, 2.05) is 0 Å². The standard InChI is InChI=1S/C11H19N5O3S2/c1-15-4-2-10(14-15)13-11(17)12-3-9-21(18,19)16-5-7-20-8-6-16/h2,4H,3,5-9H2,1H3,(H2,12,13,14,17). The Morgan fingerprint density at radius 2 is 2.14 bits per heavy atom. The van der Waals surface area contributed by atoms with E-state index in [-0.39, 0.29) is 12.3 Å². The summed E-state index contributed by atoms with van der Waals surface area (Å²) < 4.78 is 27.2. The van der Waals surface area contributed by atoms with Crippen molar-refractivity contribution in [2.75, 3.05) is 42.2 Å². The highest BCUT2D eigenvalue weighted by Crippen LogP contribution is 2.12. The van der Waals surface area contributed by atoms with Gasteiger partial charge in [-0.2, -0.15) is 16.9 Å². The number of hydrogen-bond acceptors (Lipinski definition) is 5. The number of thioether (sulfide) groups is 1. The summed E-state index contributed by atoms with van der Waals surface area (Å²) in [6.45, 7) is 1.17. The number of anilines is 1. The lowest BCUT2D eigenvalue weighted by molar-refractivity contribution is 0.252. The molecule has 2 N–H and O–H groups in total. The lowest BCUT2D eigenvalue weighted by atomic mass is 10.6. The Kier molecular flexibility index (Phi) is 5.48. The Labute approximate surface area is 128 Å². The van der Waals surface area contributed by atoms with Crippen molar-refractivity contribution < 1.29 is 13.2 Å². The van der Waals surface area contributed by atoms with E-state index in [4.69, 9.17) is 0 Å². The van der Waals surface area contributed by atoms with Gasteiger partial charge >= 0.3 is 6.03 Å². The third-order valence-corrected chi connectivity index (χ3v) is 5.78. The van der Waals surface area contributed by atoms with Gasteiger partial charge in [0.2, 0.25) is 10.0 Å². The van der Waals surface area contributed by atoms with Crippen molar-refractivity contribution in [2.24, 2.45) is 7.05 Å². The van der Waals surface area contributed by atoms with Crippen LogP contribution in [0.5, 0.6) is 0 Å². The molecule has 0 aliphatic carbocycles. The maximum absolute atomic E-state index is 12.1. The maximum Gasteiger partial charge on any atom is 0.320 e. The van der Waals surface area contributed by atoms with Crippen LogP contribution in [0, 0.1) is 0 Å². The summed E-state index contributed by atoms with van der Waals surface area (Å²) >= 11 is 1.75. The Balaban J connectivity index is 1.74. The van der Waals surface area contributed by atoms with Crippen molar-refractivity contribution in [1.82, 2.24) is 19.4 Å². The molecule has 8 nitrogen and oxygen atoms in total. The van der Waals surface area contributed by atoms with E-state index in [9.17, 15) is 13.2 Å². The highest BCUT2D eigenvalue weighted by atomic mass is 32.2. The molecule has 2 amide bonds. The highest BCUT2D eigenvalue weighted by Gasteiger charge is 2.23. The van der Waals surface area contributed by atoms with E-state index in [0.29, 0.717) is 18.9 Å². The number of aromatic nitrogens is 2. The van der Waals surface area contributed by atoms with Crippen LogP contribution in [0.25, 0.3) is 0 Å². The number of hydrogen-bond donors (Lipinski definition) is 2. The largest absolute Gasteiger partial charge is 0.337 e. The van der Waals surface area contributed by atoms with Crippen LogP contribution in [0.15, 0.2) is 12.3 Å². The van der Waals surface area contributed by atoms with Gasteiger partial charge in [0.15, 0.2) is 5.82 Å². The average molecular weight is 333 g/mol. The van der Waals surface area contributed by atoms with Gasteiger partial charge in [-0.3, -0.25) is 10.00 Å². The number of aryl methyl sites for hydroxylation is 1. The molecule has 0 saturated carbocycles. The zero-order chi connectivity index (χ0) is 15.3. The fourth-order valence-electron chi connectivity index (χ4n) is 1.89. The molecule has 1 saturated heterocycles. The first-order valence-electron chi connectivity index (χ1n) is 6.57. The van der Waals surface area contributed by atoms with Gasteiger partial charge < -0.3 is 5.32 Å². The molecule has 1 aliphatic rings. The molecule has 1 aromatic rings. The SMILES string of the molecule is Cn1ccc(NC(=O)NCCS(=O)(=O)N2CCSCC2)n1. The molecule has 118 valence electrons. The highest BCUT2D eigenvalue weighted by molar-refractivity contribution is 7.99. The molecule has 0 bridgehead atoms. The summed E-state index contributed by atoms with van der Waals surface area (Å²) in [6, 6.07) is 1.19. The molecule has 10 heteroatoms. The van der Waals surface area contributed by atoms with Crippen LogP contribution < -0.4 is 10.6 Å². The second-order valence-electron chi connectivity index (χ2n) is 4.58. The molecular weight excluding hydrogens is 314 g/mol. The quantitative estimate of drug-likeness (QED) is 0.786. The van der Waals surface area contributed by atoms with Gasteiger partial charge in [-0.1, -0.05) is 0 Å². The molecular formula is C11H19N5O3S2. The van der Waals surface area contributed by atoms with Crippen LogP contribution >= 0.6 is 11.8 Å². The summed E-state index contributed by atoms with van der Waals surface area (Å²) in [7, 11) is -1.55.